The standard InChI is InChI=1S/C12H12N6O/c1-7(13)8-5-12(19)18-11(16-8)4-9(17-18)10-6-14-2-3-15-10/h2-7,17H,13H2,1H3. The summed E-state index contributed by atoms with van der Waals surface area (Å²) in [6.45, 7) is 1.79. The van der Waals surface area contributed by atoms with Gasteiger partial charge in [-0.25, -0.2) is 9.50 Å². The third-order valence-electron chi connectivity index (χ3n) is 2.78. The molecule has 1 atom stereocenters. The van der Waals surface area contributed by atoms with Gasteiger partial charge in [0.2, 0.25) is 0 Å². The molecule has 0 aliphatic carbocycles. The second-order valence-electron chi connectivity index (χ2n) is 4.26. The van der Waals surface area contributed by atoms with E-state index in [1.54, 1.807) is 31.6 Å². The number of aromatic nitrogens is 5. The number of rotatable bonds is 2. The van der Waals surface area contributed by atoms with Crippen molar-refractivity contribution in [3.63, 3.8) is 0 Å². The molecule has 0 aromatic carbocycles. The summed E-state index contributed by atoms with van der Waals surface area (Å²) >= 11 is 0. The van der Waals surface area contributed by atoms with E-state index in [0.717, 1.165) is 0 Å². The monoisotopic (exact) mass is 256 g/mol. The van der Waals surface area contributed by atoms with Crippen LogP contribution in [0.1, 0.15) is 18.7 Å². The van der Waals surface area contributed by atoms with Crippen LogP contribution >= 0.6 is 0 Å². The summed E-state index contributed by atoms with van der Waals surface area (Å²) < 4.78 is 1.36. The highest BCUT2D eigenvalue weighted by atomic mass is 16.1. The minimum Gasteiger partial charge on any atom is -0.323 e. The van der Waals surface area contributed by atoms with Crippen LogP contribution in [0, 0.1) is 0 Å². The van der Waals surface area contributed by atoms with Crippen LogP contribution in [-0.4, -0.2) is 24.6 Å². The summed E-state index contributed by atoms with van der Waals surface area (Å²) in [5, 5.41) is 2.94. The molecule has 0 radical (unpaired) electrons. The Kier molecular flexibility index (Phi) is 2.60. The van der Waals surface area contributed by atoms with Crippen molar-refractivity contribution < 1.29 is 0 Å². The van der Waals surface area contributed by atoms with Crippen molar-refractivity contribution in [2.24, 2.45) is 5.73 Å². The Hall–Kier alpha value is -2.54. The van der Waals surface area contributed by atoms with Crippen LogP contribution < -0.4 is 11.3 Å². The molecule has 7 heteroatoms. The van der Waals surface area contributed by atoms with Crippen molar-refractivity contribution in [3.8, 4) is 11.4 Å². The van der Waals surface area contributed by atoms with Gasteiger partial charge in [-0.05, 0) is 6.92 Å². The van der Waals surface area contributed by atoms with E-state index >= 15 is 0 Å². The molecule has 19 heavy (non-hydrogen) atoms. The maximum Gasteiger partial charge on any atom is 0.272 e. The first-order chi connectivity index (χ1) is 9.15. The highest BCUT2D eigenvalue weighted by Crippen LogP contribution is 2.15. The Morgan fingerprint density at radius 3 is 2.89 bits per heavy atom. The molecule has 7 nitrogen and oxygen atoms in total. The molecule has 0 saturated heterocycles. The van der Waals surface area contributed by atoms with Gasteiger partial charge in [-0.2, -0.15) is 0 Å². The normalized spacial score (nSPS) is 12.7. The molecule has 3 rings (SSSR count). The van der Waals surface area contributed by atoms with Gasteiger partial charge in [0.25, 0.3) is 5.56 Å². The molecular weight excluding hydrogens is 244 g/mol. The fourth-order valence-corrected chi connectivity index (χ4v) is 1.81. The van der Waals surface area contributed by atoms with Gasteiger partial charge in [-0.15, -0.1) is 0 Å². The SMILES string of the molecule is CC(N)c1cc(=O)n2[nH]c(-c3cnccn3)cc2n1. The quantitative estimate of drug-likeness (QED) is 0.695. The number of nitrogens with one attached hydrogen (secondary N) is 1. The third-order valence-corrected chi connectivity index (χ3v) is 2.78. The third kappa shape index (κ3) is 2.00. The zero-order valence-electron chi connectivity index (χ0n) is 10.2. The largest absolute Gasteiger partial charge is 0.323 e. The van der Waals surface area contributed by atoms with Crippen molar-refractivity contribution >= 4 is 5.65 Å². The second kappa shape index (κ2) is 4.29. The van der Waals surface area contributed by atoms with Crippen LogP contribution in [0.5, 0.6) is 0 Å². The van der Waals surface area contributed by atoms with E-state index in [0.29, 0.717) is 22.7 Å². The van der Waals surface area contributed by atoms with Crippen molar-refractivity contribution in [1.29, 1.82) is 0 Å². The lowest BCUT2D eigenvalue weighted by Gasteiger charge is -2.03. The number of H-pyrrole nitrogens is 1. The summed E-state index contributed by atoms with van der Waals surface area (Å²) in [6, 6.07) is 2.89. The number of nitrogens with two attached hydrogens (primary N) is 1. The van der Waals surface area contributed by atoms with Crippen molar-refractivity contribution in [3.05, 3.63) is 46.8 Å². The maximum atomic E-state index is 11.9. The molecule has 0 amide bonds. The summed E-state index contributed by atoms with van der Waals surface area (Å²) in [6.07, 6.45) is 4.79. The zero-order chi connectivity index (χ0) is 13.4. The first-order valence-electron chi connectivity index (χ1n) is 5.80. The second-order valence-corrected chi connectivity index (χ2v) is 4.26. The van der Waals surface area contributed by atoms with Gasteiger partial charge in [0.15, 0.2) is 5.65 Å². The molecule has 0 saturated carbocycles. The number of aromatic amines is 1. The molecule has 96 valence electrons. The molecule has 0 aliphatic heterocycles. The lowest BCUT2D eigenvalue weighted by molar-refractivity contribution is 0.765. The summed E-state index contributed by atoms with van der Waals surface area (Å²) in [7, 11) is 0. The van der Waals surface area contributed by atoms with Gasteiger partial charge >= 0.3 is 0 Å². The molecule has 0 aliphatic rings. The van der Waals surface area contributed by atoms with Gasteiger partial charge in [0, 0.05) is 30.6 Å². The fraction of sp³-hybridized carbons (Fsp3) is 0.167. The molecular formula is C12H12N6O. The van der Waals surface area contributed by atoms with E-state index in [9.17, 15) is 4.79 Å². The van der Waals surface area contributed by atoms with Crippen LogP contribution in [0.3, 0.4) is 0 Å². The summed E-state index contributed by atoms with van der Waals surface area (Å²) in [4.78, 5) is 24.4. The first kappa shape index (κ1) is 11.5. The lowest BCUT2D eigenvalue weighted by atomic mass is 10.2. The maximum absolute atomic E-state index is 11.9. The Morgan fingerprint density at radius 1 is 1.37 bits per heavy atom. The molecule has 3 aromatic rings. The van der Waals surface area contributed by atoms with Crippen molar-refractivity contribution in [2.45, 2.75) is 13.0 Å². The molecule has 3 N–H and O–H groups in total. The predicted octanol–water partition coefficient (Wildman–Crippen LogP) is 0.499. The average Bonchev–Trinajstić information content (AvgIpc) is 2.84. The molecule has 3 heterocycles. The van der Waals surface area contributed by atoms with Crippen LogP contribution in [-0.2, 0) is 0 Å². The van der Waals surface area contributed by atoms with Gasteiger partial charge in [-0.1, -0.05) is 0 Å². The van der Waals surface area contributed by atoms with Gasteiger partial charge < -0.3 is 5.73 Å². The predicted molar refractivity (Wildman–Crippen MR) is 69.4 cm³/mol. The van der Waals surface area contributed by atoms with E-state index in [1.165, 1.54) is 10.6 Å². The fourth-order valence-electron chi connectivity index (χ4n) is 1.81. The van der Waals surface area contributed by atoms with Gasteiger partial charge in [-0.3, -0.25) is 19.9 Å². The number of hydrogen-bond acceptors (Lipinski definition) is 5. The van der Waals surface area contributed by atoms with Crippen LogP contribution in [0.25, 0.3) is 17.0 Å². The van der Waals surface area contributed by atoms with Crippen LogP contribution in [0.15, 0.2) is 35.5 Å². The number of nitrogens with zero attached hydrogens (tertiary/aromatic N) is 4. The Bertz CT molecular complexity index is 774. The van der Waals surface area contributed by atoms with E-state index in [1.807, 2.05) is 0 Å². The van der Waals surface area contributed by atoms with E-state index in [2.05, 4.69) is 20.1 Å². The smallest absolute Gasteiger partial charge is 0.272 e. The number of hydrogen-bond donors (Lipinski definition) is 2. The van der Waals surface area contributed by atoms with Gasteiger partial charge in [0.1, 0.15) is 5.69 Å². The minimum atomic E-state index is -0.285. The lowest BCUT2D eigenvalue weighted by Crippen LogP contribution is -2.18. The summed E-state index contributed by atoms with van der Waals surface area (Å²) in [5.74, 6) is 0. The van der Waals surface area contributed by atoms with Crippen LogP contribution in [0.2, 0.25) is 0 Å². The molecule has 0 spiro atoms. The molecule has 0 fully saturated rings. The van der Waals surface area contributed by atoms with Crippen molar-refractivity contribution in [1.82, 2.24) is 24.6 Å². The molecule has 3 aromatic heterocycles. The van der Waals surface area contributed by atoms with Crippen molar-refractivity contribution in [2.75, 3.05) is 0 Å². The zero-order valence-corrected chi connectivity index (χ0v) is 10.2. The molecule has 0 bridgehead atoms. The van der Waals surface area contributed by atoms with Gasteiger partial charge in [0.05, 0.1) is 17.6 Å². The Balaban J connectivity index is 2.21. The minimum absolute atomic E-state index is 0.201. The highest BCUT2D eigenvalue weighted by Gasteiger charge is 2.10. The van der Waals surface area contributed by atoms with E-state index in [4.69, 9.17) is 5.73 Å². The number of fused-ring (bicyclic) bond motifs is 1. The van der Waals surface area contributed by atoms with Crippen LogP contribution in [0.4, 0.5) is 0 Å². The summed E-state index contributed by atoms with van der Waals surface area (Å²) in [5.41, 5.74) is 7.95. The molecule has 1 unspecified atom stereocenters. The average molecular weight is 256 g/mol. The van der Waals surface area contributed by atoms with E-state index < -0.39 is 0 Å². The highest BCUT2D eigenvalue weighted by molar-refractivity contribution is 5.59. The van der Waals surface area contributed by atoms with E-state index in [-0.39, 0.29) is 11.6 Å². The first-order valence-corrected chi connectivity index (χ1v) is 5.80. The Morgan fingerprint density at radius 2 is 2.21 bits per heavy atom. The topological polar surface area (TPSA) is 102 Å². The Labute approximate surface area is 108 Å².